The van der Waals surface area contributed by atoms with Crippen LogP contribution in [0.2, 0.25) is 0 Å². The monoisotopic (exact) mass is 239 g/mol. The summed E-state index contributed by atoms with van der Waals surface area (Å²) in [6, 6.07) is 7.80. The Labute approximate surface area is 102 Å². The molecule has 0 radical (unpaired) electrons. The van der Waals surface area contributed by atoms with Crippen molar-refractivity contribution in [3.63, 3.8) is 0 Å². The third-order valence-corrected chi connectivity index (χ3v) is 2.24. The number of para-hydroxylation sites is 1. The first-order chi connectivity index (χ1) is 8.13. The maximum atomic E-state index is 9.21. The van der Waals surface area contributed by atoms with Crippen molar-refractivity contribution in [2.45, 2.75) is 32.6 Å². The van der Waals surface area contributed by atoms with Gasteiger partial charge in [-0.2, -0.15) is 0 Å². The van der Waals surface area contributed by atoms with Crippen molar-refractivity contribution in [2.24, 2.45) is 0 Å². The average molecular weight is 239 g/mol. The molecule has 1 rings (SSSR count). The summed E-state index contributed by atoms with van der Waals surface area (Å²) in [4.78, 5) is 0. The molecule has 0 aliphatic heterocycles. The van der Waals surface area contributed by atoms with Gasteiger partial charge in [0, 0.05) is 18.7 Å². The number of nitrogens with one attached hydrogen (secondary N) is 1. The summed E-state index contributed by atoms with van der Waals surface area (Å²) in [6.45, 7) is 4.73. The highest BCUT2D eigenvalue weighted by molar-refractivity contribution is 5.33. The van der Waals surface area contributed by atoms with Gasteiger partial charge in [0.1, 0.15) is 5.75 Å². The molecule has 0 saturated carbocycles. The fourth-order valence-electron chi connectivity index (χ4n) is 1.46. The molecular weight excluding hydrogens is 218 g/mol. The van der Waals surface area contributed by atoms with Gasteiger partial charge in [-0.1, -0.05) is 18.2 Å². The number of hydrogen-bond donors (Lipinski definition) is 3. The first kappa shape index (κ1) is 14.0. The molecule has 3 N–H and O–H groups in total. The minimum absolute atomic E-state index is 0.138. The average Bonchev–Trinajstić information content (AvgIpc) is 2.30. The summed E-state index contributed by atoms with van der Waals surface area (Å²) < 4.78 is 5.68. The zero-order valence-electron chi connectivity index (χ0n) is 10.4. The van der Waals surface area contributed by atoms with E-state index in [2.05, 4.69) is 5.32 Å². The van der Waals surface area contributed by atoms with E-state index in [4.69, 9.17) is 9.84 Å². The maximum absolute atomic E-state index is 9.21. The normalized spacial score (nSPS) is 12.8. The van der Waals surface area contributed by atoms with E-state index >= 15 is 0 Å². The smallest absolute Gasteiger partial charge is 0.124 e. The van der Waals surface area contributed by atoms with Crippen LogP contribution in [0.15, 0.2) is 24.3 Å². The molecule has 1 aromatic carbocycles. The van der Waals surface area contributed by atoms with Crippen molar-refractivity contribution in [1.29, 1.82) is 0 Å². The SMILES string of the molecule is CC(C)Oc1ccccc1CNCC(O)CO. The lowest BCUT2D eigenvalue weighted by molar-refractivity contribution is 0.0941. The summed E-state index contributed by atoms with van der Waals surface area (Å²) in [5.41, 5.74) is 1.05. The van der Waals surface area contributed by atoms with Gasteiger partial charge in [-0.15, -0.1) is 0 Å². The molecule has 1 atom stereocenters. The van der Waals surface area contributed by atoms with E-state index in [1.807, 2.05) is 38.1 Å². The number of aliphatic hydroxyl groups is 2. The topological polar surface area (TPSA) is 61.7 Å². The van der Waals surface area contributed by atoms with Gasteiger partial charge in [0.15, 0.2) is 0 Å². The van der Waals surface area contributed by atoms with Crippen molar-refractivity contribution in [3.8, 4) is 5.75 Å². The van der Waals surface area contributed by atoms with Gasteiger partial charge in [0.25, 0.3) is 0 Å². The van der Waals surface area contributed by atoms with Gasteiger partial charge in [-0.05, 0) is 19.9 Å². The zero-order valence-corrected chi connectivity index (χ0v) is 10.4. The summed E-state index contributed by atoms with van der Waals surface area (Å²) in [6.07, 6.45) is -0.577. The highest BCUT2D eigenvalue weighted by atomic mass is 16.5. The van der Waals surface area contributed by atoms with Gasteiger partial charge >= 0.3 is 0 Å². The molecule has 17 heavy (non-hydrogen) atoms. The second kappa shape index (κ2) is 7.27. The minimum atomic E-state index is -0.715. The molecule has 0 amide bonds. The van der Waals surface area contributed by atoms with Crippen LogP contribution in [0, 0.1) is 0 Å². The maximum Gasteiger partial charge on any atom is 0.124 e. The standard InChI is InChI=1S/C13H21NO3/c1-10(2)17-13-6-4-3-5-11(13)7-14-8-12(16)9-15/h3-6,10,12,14-16H,7-9H2,1-2H3. The largest absolute Gasteiger partial charge is 0.491 e. The Balaban J connectivity index is 2.51. The van der Waals surface area contributed by atoms with E-state index in [0.29, 0.717) is 13.1 Å². The van der Waals surface area contributed by atoms with Gasteiger partial charge in [0.2, 0.25) is 0 Å². The first-order valence-corrected chi connectivity index (χ1v) is 5.87. The first-order valence-electron chi connectivity index (χ1n) is 5.87. The molecule has 0 saturated heterocycles. The highest BCUT2D eigenvalue weighted by Crippen LogP contribution is 2.18. The van der Waals surface area contributed by atoms with E-state index < -0.39 is 6.10 Å². The van der Waals surface area contributed by atoms with Crippen molar-refractivity contribution in [1.82, 2.24) is 5.32 Å². The van der Waals surface area contributed by atoms with Crippen LogP contribution in [0.25, 0.3) is 0 Å². The lowest BCUT2D eigenvalue weighted by atomic mass is 10.2. The van der Waals surface area contributed by atoms with E-state index in [0.717, 1.165) is 11.3 Å². The lowest BCUT2D eigenvalue weighted by Crippen LogP contribution is -2.29. The number of benzene rings is 1. The van der Waals surface area contributed by atoms with Crippen molar-refractivity contribution in [3.05, 3.63) is 29.8 Å². The van der Waals surface area contributed by atoms with Crippen LogP contribution in [0.1, 0.15) is 19.4 Å². The number of hydrogen-bond acceptors (Lipinski definition) is 4. The fourth-order valence-corrected chi connectivity index (χ4v) is 1.46. The number of rotatable bonds is 7. The lowest BCUT2D eigenvalue weighted by Gasteiger charge is -2.15. The Kier molecular flexibility index (Phi) is 5.97. The predicted molar refractivity (Wildman–Crippen MR) is 67.0 cm³/mol. The minimum Gasteiger partial charge on any atom is -0.491 e. The van der Waals surface area contributed by atoms with Gasteiger partial charge in [0.05, 0.1) is 18.8 Å². The second-order valence-electron chi connectivity index (χ2n) is 4.24. The van der Waals surface area contributed by atoms with Gasteiger partial charge < -0.3 is 20.3 Å². The molecule has 1 unspecified atom stereocenters. The van der Waals surface area contributed by atoms with Crippen LogP contribution < -0.4 is 10.1 Å². The molecule has 0 fully saturated rings. The summed E-state index contributed by atoms with van der Waals surface area (Å²) >= 11 is 0. The molecule has 0 spiro atoms. The van der Waals surface area contributed by atoms with Crippen molar-refractivity contribution in [2.75, 3.05) is 13.2 Å². The molecule has 4 nitrogen and oxygen atoms in total. The molecule has 0 aromatic heterocycles. The third-order valence-electron chi connectivity index (χ3n) is 2.24. The van der Waals surface area contributed by atoms with Crippen molar-refractivity contribution >= 4 is 0 Å². The molecule has 0 heterocycles. The summed E-state index contributed by atoms with van der Waals surface area (Å²) in [5.74, 6) is 0.855. The Morgan fingerprint density at radius 2 is 2.00 bits per heavy atom. The molecule has 96 valence electrons. The molecule has 1 aromatic rings. The van der Waals surface area contributed by atoms with Crippen LogP contribution in [0.4, 0.5) is 0 Å². The van der Waals surface area contributed by atoms with E-state index in [1.165, 1.54) is 0 Å². The van der Waals surface area contributed by atoms with Gasteiger partial charge in [-0.3, -0.25) is 0 Å². The highest BCUT2D eigenvalue weighted by Gasteiger charge is 2.06. The fraction of sp³-hybridized carbons (Fsp3) is 0.538. The van der Waals surface area contributed by atoms with Crippen molar-refractivity contribution < 1.29 is 14.9 Å². The molecule has 0 aliphatic rings. The van der Waals surface area contributed by atoms with E-state index in [9.17, 15) is 5.11 Å². The van der Waals surface area contributed by atoms with Crippen LogP contribution >= 0.6 is 0 Å². The van der Waals surface area contributed by atoms with E-state index in [-0.39, 0.29) is 12.7 Å². The van der Waals surface area contributed by atoms with Gasteiger partial charge in [-0.25, -0.2) is 0 Å². The Bertz CT molecular complexity index is 328. The number of ether oxygens (including phenoxy) is 1. The van der Waals surface area contributed by atoms with Crippen LogP contribution in [-0.2, 0) is 6.54 Å². The molecule has 0 aliphatic carbocycles. The molecule has 0 bridgehead atoms. The Hall–Kier alpha value is -1.10. The summed E-state index contributed by atoms with van der Waals surface area (Å²) in [5, 5.41) is 21.0. The third kappa shape index (κ3) is 5.17. The summed E-state index contributed by atoms with van der Waals surface area (Å²) in [7, 11) is 0. The molecular formula is C13H21NO3. The Morgan fingerprint density at radius 3 is 2.65 bits per heavy atom. The zero-order chi connectivity index (χ0) is 12.7. The number of aliphatic hydroxyl groups excluding tert-OH is 2. The van der Waals surface area contributed by atoms with Crippen LogP contribution in [0.3, 0.4) is 0 Å². The quantitative estimate of drug-likeness (QED) is 0.662. The second-order valence-corrected chi connectivity index (χ2v) is 4.24. The predicted octanol–water partition coefficient (Wildman–Crippen LogP) is 0.917. The molecule has 4 heteroatoms. The Morgan fingerprint density at radius 1 is 1.29 bits per heavy atom. The van der Waals surface area contributed by atoms with E-state index in [1.54, 1.807) is 0 Å². The van der Waals surface area contributed by atoms with Crippen LogP contribution in [-0.4, -0.2) is 35.6 Å². The van der Waals surface area contributed by atoms with Crippen LogP contribution in [0.5, 0.6) is 5.75 Å².